The fourth-order valence-electron chi connectivity index (χ4n) is 2.56. The number of carbonyl (C=O) groups excluding carboxylic acids is 2. The lowest BCUT2D eigenvalue weighted by Crippen LogP contribution is -2.36. The molecule has 1 aliphatic rings. The summed E-state index contributed by atoms with van der Waals surface area (Å²) in [6, 6.07) is 3.58. The van der Waals surface area contributed by atoms with Crippen LogP contribution in [0.1, 0.15) is 36.5 Å². The lowest BCUT2D eigenvalue weighted by atomic mass is 9.93. The minimum atomic E-state index is -0.235. The lowest BCUT2D eigenvalue weighted by molar-refractivity contribution is -0.119. The van der Waals surface area contributed by atoms with E-state index >= 15 is 0 Å². The van der Waals surface area contributed by atoms with Crippen LogP contribution < -0.4 is 10.6 Å². The van der Waals surface area contributed by atoms with Gasteiger partial charge in [-0.3, -0.25) is 9.59 Å². The largest absolute Gasteiger partial charge is 0.370 e. The van der Waals surface area contributed by atoms with Gasteiger partial charge in [-0.25, -0.2) is 4.98 Å². The molecule has 2 heterocycles. The van der Waals surface area contributed by atoms with Crippen LogP contribution in [0.3, 0.4) is 0 Å². The van der Waals surface area contributed by atoms with Crippen molar-refractivity contribution in [2.24, 2.45) is 11.7 Å². The van der Waals surface area contributed by atoms with Crippen LogP contribution in [0.2, 0.25) is 0 Å². The Balaban J connectivity index is 2.05. The van der Waals surface area contributed by atoms with E-state index in [1.165, 1.54) is 0 Å². The Morgan fingerprint density at radius 1 is 1.42 bits per heavy atom. The molecule has 0 aromatic carbocycles. The molecule has 1 saturated heterocycles. The second-order valence-electron chi connectivity index (χ2n) is 5.03. The van der Waals surface area contributed by atoms with Crippen molar-refractivity contribution in [3.05, 3.63) is 23.9 Å². The highest BCUT2D eigenvalue weighted by Crippen LogP contribution is 2.26. The van der Waals surface area contributed by atoms with Gasteiger partial charge in [-0.15, -0.1) is 0 Å². The minimum absolute atomic E-state index is 0.0300. The summed E-state index contributed by atoms with van der Waals surface area (Å²) in [6.07, 6.45) is 3.99. The molecule has 0 aliphatic carbocycles. The number of amides is 1. The number of nitrogens with zero attached hydrogens (tertiary/aromatic N) is 2. The van der Waals surface area contributed by atoms with E-state index in [9.17, 15) is 9.59 Å². The second kappa shape index (κ2) is 5.82. The fourth-order valence-corrected chi connectivity index (χ4v) is 2.56. The number of aromatic nitrogens is 1. The number of pyridine rings is 1. The molecule has 5 heteroatoms. The number of rotatable bonds is 4. The van der Waals surface area contributed by atoms with E-state index in [2.05, 4.69) is 9.88 Å². The second-order valence-corrected chi connectivity index (χ2v) is 5.03. The zero-order valence-corrected chi connectivity index (χ0v) is 11.1. The molecular weight excluding hydrogens is 242 g/mol. The number of anilines is 1. The summed E-state index contributed by atoms with van der Waals surface area (Å²) in [6.45, 7) is 3.19. The van der Waals surface area contributed by atoms with Gasteiger partial charge in [0.2, 0.25) is 5.91 Å². The van der Waals surface area contributed by atoms with E-state index in [1.54, 1.807) is 25.3 Å². The summed E-state index contributed by atoms with van der Waals surface area (Å²) in [5, 5.41) is 0. The van der Waals surface area contributed by atoms with Crippen molar-refractivity contribution in [3.8, 4) is 0 Å². The number of hydrogen-bond acceptors (Lipinski definition) is 4. The van der Waals surface area contributed by atoms with Crippen molar-refractivity contribution in [2.45, 2.75) is 26.2 Å². The maximum absolute atomic E-state index is 11.6. The zero-order valence-electron chi connectivity index (χ0n) is 11.1. The van der Waals surface area contributed by atoms with E-state index in [1.807, 2.05) is 0 Å². The quantitative estimate of drug-likeness (QED) is 0.831. The highest BCUT2D eigenvalue weighted by molar-refractivity contribution is 5.98. The Hall–Kier alpha value is -1.91. The Labute approximate surface area is 112 Å². The van der Waals surface area contributed by atoms with Gasteiger partial charge in [-0.1, -0.05) is 0 Å². The molecule has 5 nitrogen and oxygen atoms in total. The van der Waals surface area contributed by atoms with Gasteiger partial charge >= 0.3 is 0 Å². The molecule has 102 valence electrons. The predicted molar refractivity (Wildman–Crippen MR) is 73.0 cm³/mol. The molecule has 0 bridgehead atoms. The van der Waals surface area contributed by atoms with Crippen LogP contribution in [0.5, 0.6) is 0 Å². The van der Waals surface area contributed by atoms with Crippen molar-refractivity contribution >= 4 is 17.5 Å². The molecular formula is C14H19N3O2. The number of ketones is 1. The maximum atomic E-state index is 11.6. The van der Waals surface area contributed by atoms with Gasteiger partial charge in [-0.05, 0) is 37.8 Å². The van der Waals surface area contributed by atoms with Gasteiger partial charge in [0.15, 0.2) is 5.78 Å². The Kier molecular flexibility index (Phi) is 4.14. The van der Waals surface area contributed by atoms with E-state index in [0.29, 0.717) is 17.9 Å². The molecule has 1 aliphatic heterocycles. The Morgan fingerprint density at radius 3 is 2.68 bits per heavy atom. The van der Waals surface area contributed by atoms with Crippen LogP contribution in [0.4, 0.5) is 5.82 Å². The third kappa shape index (κ3) is 3.30. The number of carbonyl (C=O) groups is 2. The number of primary amides is 1. The molecule has 0 saturated carbocycles. The average molecular weight is 261 g/mol. The number of Topliss-reactive ketones (excluding diaryl/α,β-unsaturated/α-hetero) is 1. The van der Waals surface area contributed by atoms with Crippen LogP contribution in [-0.2, 0) is 4.79 Å². The van der Waals surface area contributed by atoms with Gasteiger partial charge in [0.1, 0.15) is 5.82 Å². The summed E-state index contributed by atoms with van der Waals surface area (Å²) in [4.78, 5) is 28.9. The Morgan fingerprint density at radius 2 is 2.11 bits per heavy atom. The molecule has 1 aromatic rings. The van der Waals surface area contributed by atoms with Gasteiger partial charge in [0, 0.05) is 25.7 Å². The fraction of sp³-hybridized carbons (Fsp3) is 0.500. The molecule has 0 radical (unpaired) electrons. The van der Waals surface area contributed by atoms with Gasteiger partial charge in [-0.2, -0.15) is 0 Å². The summed E-state index contributed by atoms with van der Waals surface area (Å²) >= 11 is 0. The summed E-state index contributed by atoms with van der Waals surface area (Å²) in [5.41, 5.74) is 5.89. The molecule has 0 spiro atoms. The number of hydrogen-bond donors (Lipinski definition) is 1. The summed E-state index contributed by atoms with van der Waals surface area (Å²) in [7, 11) is 0. The molecule has 0 unspecified atom stereocenters. The van der Waals surface area contributed by atoms with Crippen molar-refractivity contribution in [1.82, 2.24) is 4.98 Å². The summed E-state index contributed by atoms with van der Waals surface area (Å²) < 4.78 is 0. The molecule has 1 fully saturated rings. The van der Waals surface area contributed by atoms with E-state index in [0.717, 1.165) is 31.7 Å². The first-order valence-corrected chi connectivity index (χ1v) is 6.57. The third-order valence-electron chi connectivity index (χ3n) is 3.57. The van der Waals surface area contributed by atoms with Crippen molar-refractivity contribution in [1.29, 1.82) is 0 Å². The van der Waals surface area contributed by atoms with Crippen LogP contribution in [0, 0.1) is 5.92 Å². The molecule has 2 N–H and O–H groups in total. The number of piperidine rings is 1. The smallest absolute Gasteiger partial charge is 0.217 e. The first-order valence-electron chi connectivity index (χ1n) is 6.57. The zero-order chi connectivity index (χ0) is 13.8. The van der Waals surface area contributed by atoms with E-state index in [4.69, 9.17) is 5.73 Å². The number of nitrogens with two attached hydrogens (primary N) is 1. The van der Waals surface area contributed by atoms with Gasteiger partial charge < -0.3 is 10.6 Å². The van der Waals surface area contributed by atoms with Gasteiger partial charge in [0.05, 0.1) is 5.56 Å². The van der Waals surface area contributed by atoms with Crippen LogP contribution in [0.25, 0.3) is 0 Å². The minimum Gasteiger partial charge on any atom is -0.370 e. The average Bonchev–Trinajstić information content (AvgIpc) is 2.39. The molecule has 1 amide bonds. The van der Waals surface area contributed by atoms with Crippen molar-refractivity contribution in [2.75, 3.05) is 18.0 Å². The molecule has 19 heavy (non-hydrogen) atoms. The topological polar surface area (TPSA) is 76.3 Å². The maximum Gasteiger partial charge on any atom is 0.217 e. The lowest BCUT2D eigenvalue weighted by Gasteiger charge is -2.33. The first-order chi connectivity index (χ1) is 9.08. The SMILES string of the molecule is CC(=O)c1cccnc1N1CCC(CC(N)=O)CC1. The van der Waals surface area contributed by atoms with Crippen LogP contribution in [0.15, 0.2) is 18.3 Å². The highest BCUT2D eigenvalue weighted by atomic mass is 16.1. The predicted octanol–water partition coefficient (Wildman–Crippen LogP) is 1.38. The van der Waals surface area contributed by atoms with E-state index < -0.39 is 0 Å². The van der Waals surface area contributed by atoms with Crippen LogP contribution >= 0.6 is 0 Å². The standard InChI is InChI=1S/C14H19N3O2/c1-10(18)12-3-2-6-16-14(12)17-7-4-11(5-8-17)9-13(15)19/h2-3,6,11H,4-5,7-9H2,1H3,(H2,15,19). The van der Waals surface area contributed by atoms with Crippen LogP contribution in [-0.4, -0.2) is 29.8 Å². The molecule has 2 rings (SSSR count). The summed E-state index contributed by atoms with van der Waals surface area (Å²) in [5.74, 6) is 0.911. The van der Waals surface area contributed by atoms with Crippen molar-refractivity contribution in [3.63, 3.8) is 0 Å². The monoisotopic (exact) mass is 261 g/mol. The molecule has 1 aromatic heterocycles. The third-order valence-corrected chi connectivity index (χ3v) is 3.57. The highest BCUT2D eigenvalue weighted by Gasteiger charge is 2.23. The normalized spacial score (nSPS) is 16.4. The van der Waals surface area contributed by atoms with Gasteiger partial charge in [0.25, 0.3) is 0 Å². The Bertz CT molecular complexity index is 479. The molecule has 0 atom stereocenters. The van der Waals surface area contributed by atoms with E-state index in [-0.39, 0.29) is 11.7 Å². The van der Waals surface area contributed by atoms with Crippen molar-refractivity contribution < 1.29 is 9.59 Å². The first kappa shape index (κ1) is 13.5.